The molecule has 7 aromatic carbocycles. The molecule has 8 aromatic rings. The minimum atomic E-state index is 0.349. The average Bonchev–Trinajstić information content (AvgIpc) is 3.70. The van der Waals surface area contributed by atoms with Gasteiger partial charge < -0.3 is 9.47 Å². The highest BCUT2D eigenvalue weighted by molar-refractivity contribution is 6.14. The Morgan fingerprint density at radius 2 is 1.19 bits per heavy atom. The summed E-state index contributed by atoms with van der Waals surface area (Å²) in [7, 11) is 0. The summed E-state index contributed by atoms with van der Waals surface area (Å²) < 4.78 is 2.47. The Bertz CT molecular complexity index is 2690. The van der Waals surface area contributed by atoms with Gasteiger partial charge in [-0.2, -0.15) is 0 Å². The molecule has 0 aliphatic heterocycles. The molecule has 4 aliphatic rings. The van der Waals surface area contributed by atoms with E-state index in [0.29, 0.717) is 5.41 Å². The van der Waals surface area contributed by atoms with Crippen molar-refractivity contribution in [3.8, 4) is 16.8 Å². The van der Waals surface area contributed by atoms with E-state index < -0.39 is 0 Å². The molecule has 1 heterocycles. The molecule has 4 fully saturated rings. The van der Waals surface area contributed by atoms with Crippen LogP contribution < -0.4 is 4.90 Å². The molecule has 6 atom stereocenters. The zero-order valence-electron chi connectivity index (χ0n) is 29.2. The van der Waals surface area contributed by atoms with Crippen LogP contribution in [0.15, 0.2) is 164 Å². The number of fused-ring (bicyclic) bond motifs is 4. The Balaban J connectivity index is 0.991. The number of hydrogen-bond acceptors (Lipinski definition) is 1. The van der Waals surface area contributed by atoms with Crippen molar-refractivity contribution in [3.05, 3.63) is 169 Å². The van der Waals surface area contributed by atoms with E-state index in [1.165, 1.54) is 92.1 Å². The van der Waals surface area contributed by atoms with Crippen LogP contribution in [0.1, 0.15) is 31.2 Å². The lowest BCUT2D eigenvalue weighted by atomic mass is 9.53. The monoisotopic (exact) mass is 668 g/mol. The standard InChI is InChI=1S/C50H40N2/c1-2-14-38(15-3-1)51(46-21-11-8-18-43(46)50-30-36-26-35-27-37(31-50)49(50)48(35)36)39-24-22-32(23-25-39)40-16-6-9-19-44(40)52-45-20-10-7-17-41(45)42-28-33-12-4-5-13-34(33)29-47(42)52/h1-25,28-29,35-37,48-49H,26-27,30-31H2/t35-,36?,37?,48+,49?,50-/m1/s1. The summed E-state index contributed by atoms with van der Waals surface area (Å²) in [4.78, 5) is 2.54. The van der Waals surface area contributed by atoms with Gasteiger partial charge in [0.05, 0.1) is 16.7 Å². The second kappa shape index (κ2) is 10.7. The van der Waals surface area contributed by atoms with Gasteiger partial charge in [-0.3, -0.25) is 0 Å². The van der Waals surface area contributed by atoms with Crippen LogP contribution in [0.5, 0.6) is 0 Å². The Morgan fingerprint density at radius 3 is 2.08 bits per heavy atom. The highest BCUT2D eigenvalue weighted by Gasteiger charge is 2.73. The third-order valence-corrected chi connectivity index (χ3v) is 13.9. The van der Waals surface area contributed by atoms with Gasteiger partial charge in [-0.25, -0.2) is 0 Å². The van der Waals surface area contributed by atoms with Gasteiger partial charge in [-0.05, 0) is 132 Å². The van der Waals surface area contributed by atoms with Crippen LogP contribution in [-0.4, -0.2) is 4.57 Å². The summed E-state index contributed by atoms with van der Waals surface area (Å²) in [5, 5.41) is 5.11. The van der Waals surface area contributed by atoms with Crippen molar-refractivity contribution in [2.75, 3.05) is 4.90 Å². The van der Waals surface area contributed by atoms with Gasteiger partial charge in [0.2, 0.25) is 0 Å². The van der Waals surface area contributed by atoms with Crippen molar-refractivity contribution in [1.29, 1.82) is 0 Å². The summed E-state index contributed by atoms with van der Waals surface area (Å²) in [5.41, 5.74) is 11.8. The van der Waals surface area contributed by atoms with E-state index in [-0.39, 0.29) is 0 Å². The second-order valence-electron chi connectivity index (χ2n) is 16.2. The first-order valence-corrected chi connectivity index (χ1v) is 19.3. The van der Waals surface area contributed by atoms with Crippen LogP contribution in [0.25, 0.3) is 49.4 Å². The minimum absolute atomic E-state index is 0.349. The fourth-order valence-corrected chi connectivity index (χ4v) is 12.1. The molecule has 0 spiro atoms. The molecular weight excluding hydrogens is 629 g/mol. The molecular formula is C50H40N2. The van der Waals surface area contributed by atoms with Gasteiger partial charge in [0, 0.05) is 38.8 Å². The highest BCUT2D eigenvalue weighted by Crippen LogP contribution is 2.79. The van der Waals surface area contributed by atoms with Crippen LogP contribution in [0.4, 0.5) is 17.1 Å². The molecule has 250 valence electrons. The zero-order valence-corrected chi connectivity index (χ0v) is 29.2. The number of hydrogen-bond donors (Lipinski definition) is 0. The fourth-order valence-electron chi connectivity index (χ4n) is 12.1. The molecule has 4 aliphatic carbocycles. The third kappa shape index (κ3) is 3.90. The molecule has 3 unspecified atom stereocenters. The highest BCUT2D eigenvalue weighted by atomic mass is 15.1. The SMILES string of the molecule is c1ccc(N(c2ccc(-c3ccccc3-n3c4ccccc4c4cc5ccccc5cc43)cc2)c2ccccc2[C@]23CC4C[C@H]5CC(C2)[C@H]5C43)cc1. The summed E-state index contributed by atoms with van der Waals surface area (Å²) in [5.74, 6) is 4.80. The predicted octanol–water partition coefficient (Wildman–Crippen LogP) is 13.0. The maximum Gasteiger partial charge on any atom is 0.0547 e. The first-order chi connectivity index (χ1) is 25.7. The molecule has 12 rings (SSSR count). The average molecular weight is 669 g/mol. The molecule has 1 aromatic heterocycles. The summed E-state index contributed by atoms with van der Waals surface area (Å²) in [6.07, 6.45) is 5.75. The van der Waals surface area contributed by atoms with Crippen LogP contribution in [0, 0.1) is 29.6 Å². The van der Waals surface area contributed by atoms with Crippen molar-refractivity contribution in [2.45, 2.75) is 31.1 Å². The first kappa shape index (κ1) is 29.0. The Morgan fingerprint density at radius 1 is 0.519 bits per heavy atom. The third-order valence-electron chi connectivity index (χ3n) is 13.9. The molecule has 2 nitrogen and oxygen atoms in total. The minimum Gasteiger partial charge on any atom is -0.310 e. The van der Waals surface area contributed by atoms with Crippen LogP contribution in [-0.2, 0) is 5.41 Å². The van der Waals surface area contributed by atoms with Gasteiger partial charge >= 0.3 is 0 Å². The number of aromatic nitrogens is 1. The zero-order chi connectivity index (χ0) is 34.0. The second-order valence-corrected chi connectivity index (χ2v) is 16.2. The van der Waals surface area contributed by atoms with Gasteiger partial charge in [-0.15, -0.1) is 0 Å². The molecule has 52 heavy (non-hydrogen) atoms. The fraction of sp³-hybridized carbons (Fsp3) is 0.200. The first-order valence-electron chi connectivity index (χ1n) is 19.3. The van der Waals surface area contributed by atoms with Crippen LogP contribution in [0.3, 0.4) is 0 Å². The van der Waals surface area contributed by atoms with Gasteiger partial charge in [0.25, 0.3) is 0 Å². The summed E-state index contributed by atoms with van der Waals surface area (Å²) in [6, 6.07) is 61.1. The van der Waals surface area contributed by atoms with E-state index in [4.69, 9.17) is 0 Å². The molecule has 0 radical (unpaired) electrons. The van der Waals surface area contributed by atoms with Crippen LogP contribution >= 0.6 is 0 Å². The van der Waals surface area contributed by atoms with Crippen molar-refractivity contribution >= 4 is 49.6 Å². The molecule has 0 N–H and O–H groups in total. The maximum absolute atomic E-state index is 2.54. The number of rotatable bonds is 6. The van der Waals surface area contributed by atoms with Crippen LogP contribution in [0.2, 0.25) is 0 Å². The van der Waals surface area contributed by atoms with Gasteiger partial charge in [0.1, 0.15) is 0 Å². The molecule has 0 amide bonds. The van der Waals surface area contributed by atoms with Gasteiger partial charge in [0.15, 0.2) is 0 Å². The van der Waals surface area contributed by atoms with E-state index in [2.05, 4.69) is 173 Å². The van der Waals surface area contributed by atoms with Crippen molar-refractivity contribution in [3.63, 3.8) is 0 Å². The predicted molar refractivity (Wildman–Crippen MR) is 216 cm³/mol. The number of benzene rings is 7. The number of nitrogens with zero attached hydrogens (tertiary/aromatic N) is 2. The number of anilines is 3. The lowest BCUT2D eigenvalue weighted by molar-refractivity contribution is 0.0688. The Hall–Kier alpha value is -5.60. The Kier molecular flexibility index (Phi) is 5.98. The molecule has 0 saturated heterocycles. The van der Waals surface area contributed by atoms with Crippen molar-refractivity contribution in [2.24, 2.45) is 29.6 Å². The normalized spacial score (nSPS) is 25.3. The topological polar surface area (TPSA) is 8.17 Å². The van der Waals surface area contributed by atoms with E-state index >= 15 is 0 Å². The largest absolute Gasteiger partial charge is 0.310 e. The molecule has 2 heteroatoms. The molecule has 4 saturated carbocycles. The smallest absolute Gasteiger partial charge is 0.0547 e. The lowest BCUT2D eigenvalue weighted by Gasteiger charge is -2.52. The van der Waals surface area contributed by atoms with E-state index in [1.807, 2.05) is 0 Å². The van der Waals surface area contributed by atoms with E-state index in [0.717, 1.165) is 29.6 Å². The van der Waals surface area contributed by atoms with Gasteiger partial charge in [-0.1, -0.05) is 109 Å². The Labute approximate surface area is 305 Å². The quantitative estimate of drug-likeness (QED) is 0.171. The van der Waals surface area contributed by atoms with Crippen molar-refractivity contribution in [1.82, 2.24) is 4.57 Å². The summed E-state index contributed by atoms with van der Waals surface area (Å²) >= 11 is 0. The van der Waals surface area contributed by atoms with E-state index in [9.17, 15) is 0 Å². The maximum atomic E-state index is 2.54. The van der Waals surface area contributed by atoms with E-state index in [1.54, 1.807) is 5.56 Å². The number of para-hydroxylation sites is 4. The van der Waals surface area contributed by atoms with Crippen molar-refractivity contribution < 1.29 is 0 Å². The summed E-state index contributed by atoms with van der Waals surface area (Å²) in [6.45, 7) is 0. The molecule has 0 bridgehead atoms. The lowest BCUT2D eigenvalue weighted by Crippen LogP contribution is -2.47.